The molecule has 1 atom stereocenters. The van der Waals surface area contributed by atoms with Crippen molar-refractivity contribution in [1.82, 2.24) is 14.9 Å². The predicted octanol–water partition coefficient (Wildman–Crippen LogP) is 1.74. The summed E-state index contributed by atoms with van der Waals surface area (Å²) in [5.41, 5.74) is 1.06. The van der Waals surface area contributed by atoms with Crippen LogP contribution in [0.15, 0.2) is 6.33 Å². The SMILES string of the molecule is CCCNc1ncnc(NCC2CN(CC)CCO2)c1C. The molecular formula is C15H27N5O. The summed E-state index contributed by atoms with van der Waals surface area (Å²) in [6, 6.07) is 0. The zero-order valence-corrected chi connectivity index (χ0v) is 13.4. The van der Waals surface area contributed by atoms with E-state index in [-0.39, 0.29) is 6.10 Å². The molecule has 21 heavy (non-hydrogen) atoms. The normalized spacial score (nSPS) is 19.5. The standard InChI is InChI=1S/C15H27N5O/c1-4-6-16-14-12(3)15(19-11-18-14)17-9-13-10-20(5-2)7-8-21-13/h11,13H,4-10H2,1-3H3,(H2,16,17,18,19). The number of ether oxygens (including phenoxy) is 1. The van der Waals surface area contributed by atoms with E-state index < -0.39 is 0 Å². The highest BCUT2D eigenvalue weighted by Crippen LogP contribution is 2.18. The number of nitrogens with zero attached hydrogens (tertiary/aromatic N) is 3. The number of likely N-dealkylation sites (N-methyl/N-ethyl adjacent to an activating group) is 1. The zero-order valence-electron chi connectivity index (χ0n) is 13.4. The summed E-state index contributed by atoms with van der Waals surface area (Å²) in [5, 5.41) is 6.73. The maximum atomic E-state index is 5.80. The number of anilines is 2. The molecule has 0 bridgehead atoms. The zero-order chi connectivity index (χ0) is 15.1. The van der Waals surface area contributed by atoms with E-state index in [2.05, 4.69) is 39.3 Å². The summed E-state index contributed by atoms with van der Waals surface area (Å²) < 4.78 is 5.80. The van der Waals surface area contributed by atoms with Crippen molar-refractivity contribution in [2.24, 2.45) is 0 Å². The molecule has 0 saturated carbocycles. The number of nitrogens with one attached hydrogen (secondary N) is 2. The van der Waals surface area contributed by atoms with Gasteiger partial charge >= 0.3 is 0 Å². The molecule has 1 unspecified atom stereocenters. The first kappa shape index (κ1) is 16.0. The Hall–Kier alpha value is -1.40. The van der Waals surface area contributed by atoms with Gasteiger partial charge in [0, 0.05) is 31.7 Å². The predicted molar refractivity (Wildman–Crippen MR) is 85.9 cm³/mol. The summed E-state index contributed by atoms with van der Waals surface area (Å²) in [5.74, 6) is 1.80. The van der Waals surface area contributed by atoms with Crippen LogP contribution in [0.4, 0.5) is 11.6 Å². The molecular weight excluding hydrogens is 266 g/mol. The Morgan fingerprint density at radius 1 is 1.29 bits per heavy atom. The quantitative estimate of drug-likeness (QED) is 0.798. The average molecular weight is 293 g/mol. The second kappa shape index (κ2) is 8.14. The van der Waals surface area contributed by atoms with Crippen molar-refractivity contribution in [2.45, 2.75) is 33.3 Å². The monoisotopic (exact) mass is 293 g/mol. The molecule has 1 saturated heterocycles. The molecule has 0 amide bonds. The molecule has 0 aliphatic carbocycles. The Bertz CT molecular complexity index is 440. The molecule has 1 aromatic rings. The first-order valence-electron chi connectivity index (χ1n) is 7.87. The lowest BCUT2D eigenvalue weighted by Gasteiger charge is -2.32. The molecule has 1 aliphatic rings. The average Bonchev–Trinajstić information content (AvgIpc) is 2.53. The van der Waals surface area contributed by atoms with E-state index in [1.165, 1.54) is 0 Å². The van der Waals surface area contributed by atoms with Crippen molar-refractivity contribution in [2.75, 3.05) is 50.0 Å². The molecule has 2 rings (SSSR count). The van der Waals surface area contributed by atoms with Gasteiger partial charge in [-0.25, -0.2) is 9.97 Å². The third kappa shape index (κ3) is 4.54. The fourth-order valence-electron chi connectivity index (χ4n) is 2.45. The summed E-state index contributed by atoms with van der Waals surface area (Å²) in [4.78, 5) is 11.0. The van der Waals surface area contributed by atoms with Crippen LogP contribution in [0, 0.1) is 6.92 Å². The minimum atomic E-state index is 0.222. The third-order valence-corrected chi connectivity index (χ3v) is 3.79. The van der Waals surface area contributed by atoms with E-state index >= 15 is 0 Å². The van der Waals surface area contributed by atoms with Crippen LogP contribution in [0.3, 0.4) is 0 Å². The summed E-state index contributed by atoms with van der Waals surface area (Å²) in [6.45, 7) is 12.0. The van der Waals surface area contributed by atoms with Crippen molar-refractivity contribution >= 4 is 11.6 Å². The van der Waals surface area contributed by atoms with Crippen molar-refractivity contribution < 1.29 is 4.74 Å². The van der Waals surface area contributed by atoms with E-state index in [0.29, 0.717) is 0 Å². The molecule has 0 radical (unpaired) electrons. The smallest absolute Gasteiger partial charge is 0.134 e. The van der Waals surface area contributed by atoms with Gasteiger partial charge in [0.05, 0.1) is 12.7 Å². The largest absolute Gasteiger partial charge is 0.374 e. The molecule has 118 valence electrons. The first-order chi connectivity index (χ1) is 10.2. The highest BCUT2D eigenvalue weighted by Gasteiger charge is 2.19. The molecule has 0 aromatic carbocycles. The van der Waals surface area contributed by atoms with Crippen LogP contribution >= 0.6 is 0 Å². The van der Waals surface area contributed by atoms with Gasteiger partial charge in [-0.3, -0.25) is 4.90 Å². The second-order valence-corrected chi connectivity index (χ2v) is 5.39. The van der Waals surface area contributed by atoms with Gasteiger partial charge in [-0.05, 0) is 19.9 Å². The fourth-order valence-corrected chi connectivity index (χ4v) is 2.45. The molecule has 6 heteroatoms. The van der Waals surface area contributed by atoms with Gasteiger partial charge in [0.15, 0.2) is 0 Å². The fraction of sp³-hybridized carbons (Fsp3) is 0.733. The Balaban J connectivity index is 1.90. The molecule has 0 spiro atoms. The van der Waals surface area contributed by atoms with Crippen LogP contribution in [0.25, 0.3) is 0 Å². The molecule has 2 N–H and O–H groups in total. The minimum Gasteiger partial charge on any atom is -0.374 e. The van der Waals surface area contributed by atoms with E-state index in [1.54, 1.807) is 6.33 Å². The van der Waals surface area contributed by atoms with E-state index in [0.717, 1.165) is 63.0 Å². The molecule has 1 aliphatic heterocycles. The summed E-state index contributed by atoms with van der Waals surface area (Å²) in [6.07, 6.45) is 2.91. The third-order valence-electron chi connectivity index (χ3n) is 3.79. The number of hydrogen-bond donors (Lipinski definition) is 2. The highest BCUT2D eigenvalue weighted by atomic mass is 16.5. The van der Waals surface area contributed by atoms with Crippen molar-refractivity contribution in [3.63, 3.8) is 0 Å². The lowest BCUT2D eigenvalue weighted by atomic mass is 10.2. The van der Waals surface area contributed by atoms with Crippen molar-refractivity contribution in [3.8, 4) is 0 Å². The van der Waals surface area contributed by atoms with Crippen LogP contribution in [0.5, 0.6) is 0 Å². The Labute approximate surface area is 127 Å². The lowest BCUT2D eigenvalue weighted by molar-refractivity contribution is -0.0192. The van der Waals surface area contributed by atoms with Gasteiger partial charge in [-0.2, -0.15) is 0 Å². The molecule has 2 heterocycles. The van der Waals surface area contributed by atoms with Crippen LogP contribution in [-0.4, -0.2) is 60.3 Å². The van der Waals surface area contributed by atoms with Crippen LogP contribution in [0.1, 0.15) is 25.8 Å². The second-order valence-electron chi connectivity index (χ2n) is 5.39. The number of hydrogen-bond acceptors (Lipinski definition) is 6. The maximum absolute atomic E-state index is 5.80. The summed E-state index contributed by atoms with van der Waals surface area (Å²) >= 11 is 0. The first-order valence-corrected chi connectivity index (χ1v) is 7.87. The van der Waals surface area contributed by atoms with E-state index in [1.807, 2.05) is 6.92 Å². The van der Waals surface area contributed by atoms with Crippen molar-refractivity contribution in [3.05, 3.63) is 11.9 Å². The van der Waals surface area contributed by atoms with E-state index in [9.17, 15) is 0 Å². The number of morpholine rings is 1. The van der Waals surface area contributed by atoms with E-state index in [4.69, 9.17) is 4.74 Å². The Morgan fingerprint density at radius 3 is 2.76 bits per heavy atom. The molecule has 1 fully saturated rings. The van der Waals surface area contributed by atoms with Gasteiger partial charge in [0.25, 0.3) is 0 Å². The van der Waals surface area contributed by atoms with Crippen molar-refractivity contribution in [1.29, 1.82) is 0 Å². The van der Waals surface area contributed by atoms with Gasteiger partial charge in [0.2, 0.25) is 0 Å². The van der Waals surface area contributed by atoms with Crippen LogP contribution in [-0.2, 0) is 4.74 Å². The van der Waals surface area contributed by atoms with Crippen LogP contribution in [0.2, 0.25) is 0 Å². The lowest BCUT2D eigenvalue weighted by Crippen LogP contribution is -2.45. The molecule has 1 aromatic heterocycles. The minimum absolute atomic E-state index is 0.222. The summed E-state index contributed by atoms with van der Waals surface area (Å²) in [7, 11) is 0. The maximum Gasteiger partial charge on any atom is 0.134 e. The van der Waals surface area contributed by atoms with Gasteiger partial charge < -0.3 is 15.4 Å². The Morgan fingerprint density at radius 2 is 2.05 bits per heavy atom. The van der Waals surface area contributed by atoms with Gasteiger partial charge in [-0.15, -0.1) is 0 Å². The van der Waals surface area contributed by atoms with Gasteiger partial charge in [0.1, 0.15) is 18.0 Å². The highest BCUT2D eigenvalue weighted by molar-refractivity contribution is 5.56. The number of rotatable bonds is 7. The molecule has 6 nitrogen and oxygen atoms in total. The Kier molecular flexibility index (Phi) is 6.20. The van der Waals surface area contributed by atoms with Gasteiger partial charge in [-0.1, -0.05) is 13.8 Å². The number of aromatic nitrogens is 2. The van der Waals surface area contributed by atoms with Crippen LogP contribution < -0.4 is 10.6 Å². The topological polar surface area (TPSA) is 62.3 Å².